The minimum Gasteiger partial charge on any atom is -0.391 e. The van der Waals surface area contributed by atoms with Crippen LogP contribution in [0.5, 0.6) is 0 Å². The molecule has 0 aliphatic heterocycles. The van der Waals surface area contributed by atoms with Crippen LogP contribution >= 0.6 is 0 Å². The minimum atomic E-state index is -0.509. The highest BCUT2D eigenvalue weighted by Crippen LogP contribution is 2.20. The van der Waals surface area contributed by atoms with Crippen molar-refractivity contribution in [2.24, 2.45) is 5.41 Å². The Labute approximate surface area is 122 Å². The Morgan fingerprint density at radius 2 is 1.70 bits per heavy atom. The van der Waals surface area contributed by atoms with Crippen molar-refractivity contribution in [2.75, 3.05) is 6.54 Å². The standard InChI is InChI=1S/C17H27NO2/c1-11-7-12(2)15(13(3)8-11)16(20)18-10-14(19)9-17(4,5)6/h7-8,14,19H,9-10H2,1-6H3,(H,18,20). The molecule has 0 heterocycles. The van der Waals surface area contributed by atoms with Crippen molar-refractivity contribution in [1.29, 1.82) is 0 Å². The molecular formula is C17H27NO2. The van der Waals surface area contributed by atoms with Crippen molar-refractivity contribution >= 4 is 5.91 Å². The lowest BCUT2D eigenvalue weighted by Crippen LogP contribution is -2.34. The number of rotatable bonds is 4. The Kier molecular flexibility index (Phi) is 5.35. The second kappa shape index (κ2) is 6.40. The molecule has 3 nitrogen and oxygen atoms in total. The lowest BCUT2D eigenvalue weighted by Gasteiger charge is -2.22. The van der Waals surface area contributed by atoms with Gasteiger partial charge in [-0.05, 0) is 43.7 Å². The molecule has 1 atom stereocenters. The Morgan fingerprint density at radius 3 is 2.15 bits per heavy atom. The van der Waals surface area contributed by atoms with Crippen LogP contribution in [0.2, 0.25) is 0 Å². The summed E-state index contributed by atoms with van der Waals surface area (Å²) in [7, 11) is 0. The molecular weight excluding hydrogens is 250 g/mol. The first-order chi connectivity index (χ1) is 9.10. The van der Waals surface area contributed by atoms with E-state index in [9.17, 15) is 9.90 Å². The number of aliphatic hydroxyl groups excluding tert-OH is 1. The zero-order chi connectivity index (χ0) is 15.5. The van der Waals surface area contributed by atoms with E-state index in [-0.39, 0.29) is 11.3 Å². The Balaban J connectivity index is 2.69. The molecule has 0 fully saturated rings. The smallest absolute Gasteiger partial charge is 0.251 e. The molecule has 0 aromatic heterocycles. The fourth-order valence-corrected chi connectivity index (χ4v) is 2.62. The average molecular weight is 277 g/mol. The molecule has 20 heavy (non-hydrogen) atoms. The summed E-state index contributed by atoms with van der Waals surface area (Å²) in [4.78, 5) is 12.2. The molecule has 1 aromatic carbocycles. The van der Waals surface area contributed by atoms with Gasteiger partial charge in [0.15, 0.2) is 0 Å². The largest absolute Gasteiger partial charge is 0.391 e. The fraction of sp³-hybridized carbons (Fsp3) is 0.588. The van der Waals surface area contributed by atoms with E-state index in [0.29, 0.717) is 13.0 Å². The monoisotopic (exact) mass is 277 g/mol. The van der Waals surface area contributed by atoms with Crippen LogP contribution in [-0.4, -0.2) is 23.7 Å². The van der Waals surface area contributed by atoms with E-state index in [0.717, 1.165) is 22.3 Å². The van der Waals surface area contributed by atoms with Gasteiger partial charge < -0.3 is 10.4 Å². The van der Waals surface area contributed by atoms with Crippen LogP contribution in [0.4, 0.5) is 0 Å². The molecule has 1 amide bonds. The zero-order valence-corrected chi connectivity index (χ0v) is 13.5. The van der Waals surface area contributed by atoms with E-state index in [1.807, 2.05) is 32.9 Å². The molecule has 0 saturated carbocycles. The summed E-state index contributed by atoms with van der Waals surface area (Å²) in [5.74, 6) is -0.104. The Morgan fingerprint density at radius 1 is 1.20 bits per heavy atom. The van der Waals surface area contributed by atoms with Crippen LogP contribution in [0.1, 0.15) is 54.2 Å². The predicted octanol–water partition coefficient (Wildman–Crippen LogP) is 3.14. The van der Waals surface area contributed by atoms with Crippen molar-refractivity contribution in [2.45, 2.75) is 54.1 Å². The Hall–Kier alpha value is -1.35. The van der Waals surface area contributed by atoms with E-state index in [2.05, 4.69) is 26.1 Å². The van der Waals surface area contributed by atoms with Gasteiger partial charge in [-0.25, -0.2) is 0 Å². The van der Waals surface area contributed by atoms with Crippen LogP contribution in [0.25, 0.3) is 0 Å². The highest BCUT2D eigenvalue weighted by molar-refractivity contribution is 5.97. The van der Waals surface area contributed by atoms with Crippen LogP contribution < -0.4 is 5.32 Å². The van der Waals surface area contributed by atoms with Crippen LogP contribution in [0.3, 0.4) is 0 Å². The number of hydrogen-bond donors (Lipinski definition) is 2. The third kappa shape index (κ3) is 4.97. The first kappa shape index (κ1) is 16.7. The molecule has 0 aliphatic rings. The summed E-state index contributed by atoms with van der Waals surface area (Å²) >= 11 is 0. The zero-order valence-electron chi connectivity index (χ0n) is 13.5. The molecule has 3 heteroatoms. The predicted molar refractivity (Wildman–Crippen MR) is 83.1 cm³/mol. The molecule has 0 bridgehead atoms. The molecule has 0 saturated heterocycles. The van der Waals surface area contributed by atoms with Gasteiger partial charge in [-0.2, -0.15) is 0 Å². The van der Waals surface area contributed by atoms with Crippen molar-refractivity contribution in [3.05, 3.63) is 34.4 Å². The van der Waals surface area contributed by atoms with Crippen molar-refractivity contribution in [3.8, 4) is 0 Å². The molecule has 0 spiro atoms. The van der Waals surface area contributed by atoms with Crippen LogP contribution in [0, 0.1) is 26.2 Å². The molecule has 2 N–H and O–H groups in total. The second-order valence-electron chi connectivity index (χ2n) is 6.90. The summed E-state index contributed by atoms with van der Waals surface area (Å²) in [5, 5.41) is 12.8. The third-order valence-corrected chi connectivity index (χ3v) is 3.25. The topological polar surface area (TPSA) is 49.3 Å². The minimum absolute atomic E-state index is 0.0554. The number of hydrogen-bond acceptors (Lipinski definition) is 2. The SMILES string of the molecule is Cc1cc(C)c(C(=O)NCC(O)CC(C)(C)C)c(C)c1. The summed E-state index contributed by atoms with van der Waals surface area (Å²) in [6.07, 6.45) is 0.157. The van der Waals surface area contributed by atoms with E-state index >= 15 is 0 Å². The molecule has 0 radical (unpaired) electrons. The lowest BCUT2D eigenvalue weighted by molar-refractivity contribution is 0.0867. The highest BCUT2D eigenvalue weighted by atomic mass is 16.3. The number of carbonyl (C=O) groups excluding carboxylic acids is 1. The molecule has 112 valence electrons. The van der Waals surface area contributed by atoms with Gasteiger partial charge in [0, 0.05) is 12.1 Å². The molecule has 1 aromatic rings. The highest BCUT2D eigenvalue weighted by Gasteiger charge is 2.18. The average Bonchev–Trinajstić information content (AvgIpc) is 2.22. The van der Waals surface area contributed by atoms with Crippen LogP contribution in [0.15, 0.2) is 12.1 Å². The maximum absolute atomic E-state index is 12.2. The lowest BCUT2D eigenvalue weighted by atomic mass is 9.89. The number of benzene rings is 1. The van der Waals surface area contributed by atoms with Crippen LogP contribution in [-0.2, 0) is 0 Å². The number of aryl methyl sites for hydroxylation is 3. The van der Waals surface area contributed by atoms with Gasteiger partial charge >= 0.3 is 0 Å². The maximum atomic E-state index is 12.2. The van der Waals surface area contributed by atoms with E-state index in [1.165, 1.54) is 0 Å². The van der Waals surface area contributed by atoms with Crippen molar-refractivity contribution in [1.82, 2.24) is 5.32 Å². The number of amides is 1. The van der Waals surface area contributed by atoms with Gasteiger partial charge in [-0.3, -0.25) is 4.79 Å². The van der Waals surface area contributed by atoms with Crippen molar-refractivity contribution in [3.63, 3.8) is 0 Å². The third-order valence-electron chi connectivity index (χ3n) is 3.25. The van der Waals surface area contributed by atoms with Gasteiger partial charge in [0.05, 0.1) is 6.10 Å². The van der Waals surface area contributed by atoms with E-state index < -0.39 is 6.10 Å². The molecule has 1 unspecified atom stereocenters. The van der Waals surface area contributed by atoms with Gasteiger partial charge in [-0.1, -0.05) is 38.5 Å². The van der Waals surface area contributed by atoms with Gasteiger partial charge in [0.25, 0.3) is 5.91 Å². The number of carbonyl (C=O) groups is 1. The summed E-state index contributed by atoms with van der Waals surface area (Å²) < 4.78 is 0. The van der Waals surface area contributed by atoms with Crippen molar-refractivity contribution < 1.29 is 9.90 Å². The first-order valence-electron chi connectivity index (χ1n) is 7.14. The molecule has 0 aliphatic carbocycles. The molecule has 1 rings (SSSR count). The summed E-state index contributed by atoms with van der Waals surface area (Å²) in [6, 6.07) is 4.01. The maximum Gasteiger partial charge on any atom is 0.251 e. The van der Waals surface area contributed by atoms with Gasteiger partial charge in [-0.15, -0.1) is 0 Å². The quantitative estimate of drug-likeness (QED) is 0.888. The Bertz CT molecular complexity index is 463. The summed E-state index contributed by atoms with van der Waals surface area (Å²) in [6.45, 7) is 12.4. The number of nitrogens with one attached hydrogen (secondary N) is 1. The summed E-state index contributed by atoms with van der Waals surface area (Å²) in [5.41, 5.74) is 3.89. The van der Waals surface area contributed by atoms with Gasteiger partial charge in [0.2, 0.25) is 0 Å². The first-order valence-corrected chi connectivity index (χ1v) is 7.14. The van der Waals surface area contributed by atoms with E-state index in [4.69, 9.17) is 0 Å². The van der Waals surface area contributed by atoms with E-state index in [1.54, 1.807) is 0 Å². The second-order valence-corrected chi connectivity index (χ2v) is 6.90. The fourth-order valence-electron chi connectivity index (χ4n) is 2.62. The normalized spacial score (nSPS) is 13.2. The number of aliphatic hydroxyl groups is 1. The van der Waals surface area contributed by atoms with Gasteiger partial charge in [0.1, 0.15) is 0 Å².